The van der Waals surface area contributed by atoms with Gasteiger partial charge >= 0.3 is 0 Å². The van der Waals surface area contributed by atoms with E-state index in [4.69, 9.17) is 0 Å². The lowest BCUT2D eigenvalue weighted by Gasteiger charge is -2.47. The van der Waals surface area contributed by atoms with Crippen LogP contribution in [0.4, 0.5) is 0 Å². The minimum Gasteiger partial charge on any atom is -0.363 e. The van der Waals surface area contributed by atoms with Gasteiger partial charge in [-0.05, 0) is 58.1 Å². The van der Waals surface area contributed by atoms with Crippen molar-refractivity contribution in [2.24, 2.45) is 0 Å². The topological polar surface area (TPSA) is 56.4 Å². The second-order valence-corrected chi connectivity index (χ2v) is 10.2. The van der Waals surface area contributed by atoms with E-state index < -0.39 is 5.54 Å². The number of carbonyl (C=O) groups excluding carboxylic acids is 1. The molecule has 1 amide bonds. The normalized spacial score (nSPS) is 22.1. The Labute approximate surface area is 198 Å². The van der Waals surface area contributed by atoms with E-state index in [0.717, 1.165) is 36.2 Å². The summed E-state index contributed by atoms with van der Waals surface area (Å²) in [6.45, 7) is 12.9. The van der Waals surface area contributed by atoms with Gasteiger partial charge in [-0.25, -0.2) is 5.43 Å². The number of aryl methyl sites for hydroxylation is 1. The van der Waals surface area contributed by atoms with E-state index in [1.165, 1.54) is 11.1 Å². The molecular weight excluding hydrogens is 408 g/mol. The van der Waals surface area contributed by atoms with Gasteiger partial charge in [0.1, 0.15) is 5.82 Å². The van der Waals surface area contributed by atoms with Crippen molar-refractivity contribution in [2.45, 2.75) is 84.0 Å². The molecule has 0 radical (unpaired) electrons. The SMILES string of the molecule is CCC(CC)(NC(=O)C1=C2N[C@@H](c3ccccc3)CC(C)(C)N2NC1C)c1ccc(C)cc1. The Morgan fingerprint density at radius 1 is 1.09 bits per heavy atom. The quantitative estimate of drug-likeness (QED) is 0.581. The highest BCUT2D eigenvalue weighted by Crippen LogP contribution is 2.39. The lowest BCUT2D eigenvalue weighted by molar-refractivity contribution is -0.119. The molecule has 4 rings (SSSR count). The molecule has 0 spiro atoms. The summed E-state index contributed by atoms with van der Waals surface area (Å²) in [5, 5.41) is 9.31. The Balaban J connectivity index is 1.70. The Morgan fingerprint density at radius 3 is 2.33 bits per heavy atom. The predicted octanol–water partition coefficient (Wildman–Crippen LogP) is 5.06. The summed E-state index contributed by atoms with van der Waals surface area (Å²) in [6, 6.07) is 19.1. The van der Waals surface area contributed by atoms with Gasteiger partial charge < -0.3 is 10.6 Å². The Kier molecular flexibility index (Phi) is 6.28. The Morgan fingerprint density at radius 2 is 1.73 bits per heavy atom. The van der Waals surface area contributed by atoms with Gasteiger partial charge in [-0.3, -0.25) is 9.80 Å². The third-order valence-corrected chi connectivity index (χ3v) is 7.47. The van der Waals surface area contributed by atoms with Crippen molar-refractivity contribution < 1.29 is 4.79 Å². The van der Waals surface area contributed by atoms with Gasteiger partial charge in [0.05, 0.1) is 28.7 Å². The van der Waals surface area contributed by atoms with Crippen molar-refractivity contribution in [3.05, 3.63) is 82.7 Å². The minimum absolute atomic E-state index is 0.00575. The first-order chi connectivity index (χ1) is 15.7. The third-order valence-electron chi connectivity index (χ3n) is 7.47. The lowest BCUT2D eigenvalue weighted by atomic mass is 9.83. The zero-order chi connectivity index (χ0) is 23.8. The van der Waals surface area contributed by atoms with Crippen molar-refractivity contribution >= 4 is 5.91 Å². The summed E-state index contributed by atoms with van der Waals surface area (Å²) >= 11 is 0. The number of hydrazine groups is 1. The predicted molar refractivity (Wildman–Crippen MR) is 134 cm³/mol. The molecule has 0 bridgehead atoms. The van der Waals surface area contributed by atoms with Crippen LogP contribution in [-0.2, 0) is 10.3 Å². The first-order valence-electron chi connectivity index (χ1n) is 12.2. The molecule has 2 aromatic carbocycles. The number of hydrogen-bond donors (Lipinski definition) is 3. The van der Waals surface area contributed by atoms with Gasteiger partial charge in [0.25, 0.3) is 5.91 Å². The van der Waals surface area contributed by atoms with Crippen molar-refractivity contribution in [1.29, 1.82) is 0 Å². The molecule has 0 aliphatic carbocycles. The van der Waals surface area contributed by atoms with Crippen LogP contribution in [0, 0.1) is 6.92 Å². The number of rotatable bonds is 6. The zero-order valence-corrected chi connectivity index (χ0v) is 20.8. The fraction of sp³-hybridized carbons (Fsp3) is 0.464. The van der Waals surface area contributed by atoms with E-state index in [9.17, 15) is 4.79 Å². The molecule has 2 aromatic rings. The maximum Gasteiger partial charge on any atom is 0.253 e. The lowest BCUT2D eigenvalue weighted by Crippen LogP contribution is -2.57. The number of amides is 1. The summed E-state index contributed by atoms with van der Waals surface area (Å²) < 4.78 is 0. The molecule has 1 unspecified atom stereocenters. The van der Waals surface area contributed by atoms with E-state index in [2.05, 4.69) is 111 Å². The van der Waals surface area contributed by atoms with E-state index >= 15 is 0 Å². The molecule has 2 atom stereocenters. The molecule has 2 heterocycles. The maximum absolute atomic E-state index is 13.9. The second-order valence-electron chi connectivity index (χ2n) is 10.2. The van der Waals surface area contributed by atoms with Crippen LogP contribution in [0.25, 0.3) is 0 Å². The van der Waals surface area contributed by atoms with Crippen molar-refractivity contribution in [2.75, 3.05) is 0 Å². The van der Waals surface area contributed by atoms with Crippen LogP contribution >= 0.6 is 0 Å². The molecule has 1 fully saturated rings. The van der Waals surface area contributed by atoms with Gasteiger partial charge in [0.2, 0.25) is 0 Å². The third kappa shape index (κ3) is 4.26. The Bertz CT molecular complexity index is 1020. The summed E-state index contributed by atoms with van der Waals surface area (Å²) in [4.78, 5) is 13.9. The van der Waals surface area contributed by atoms with Crippen LogP contribution in [0.2, 0.25) is 0 Å². The van der Waals surface area contributed by atoms with Gasteiger partial charge in [-0.15, -0.1) is 0 Å². The molecule has 2 aliphatic heterocycles. The van der Waals surface area contributed by atoms with Crippen molar-refractivity contribution in [3.63, 3.8) is 0 Å². The summed E-state index contributed by atoms with van der Waals surface area (Å²) in [7, 11) is 0. The highest BCUT2D eigenvalue weighted by molar-refractivity contribution is 5.96. The number of nitrogens with zero attached hydrogens (tertiary/aromatic N) is 1. The Hall–Kier alpha value is -2.79. The van der Waals surface area contributed by atoms with E-state index in [0.29, 0.717) is 0 Å². The van der Waals surface area contributed by atoms with Gasteiger partial charge in [0, 0.05) is 0 Å². The molecule has 5 nitrogen and oxygen atoms in total. The average molecular weight is 447 g/mol. The first-order valence-corrected chi connectivity index (χ1v) is 12.2. The molecule has 2 aliphatic rings. The summed E-state index contributed by atoms with van der Waals surface area (Å²) in [5.74, 6) is 0.893. The van der Waals surface area contributed by atoms with Crippen LogP contribution in [0.5, 0.6) is 0 Å². The molecule has 0 saturated carbocycles. The molecule has 33 heavy (non-hydrogen) atoms. The highest BCUT2D eigenvalue weighted by Gasteiger charge is 2.46. The number of nitrogens with one attached hydrogen (secondary N) is 3. The molecule has 176 valence electrons. The van der Waals surface area contributed by atoms with E-state index in [1.54, 1.807) is 0 Å². The number of fused-ring (bicyclic) bond motifs is 1. The van der Waals surface area contributed by atoms with Crippen molar-refractivity contribution in [1.82, 2.24) is 21.1 Å². The molecular formula is C28H38N4O. The largest absolute Gasteiger partial charge is 0.363 e. The number of benzene rings is 2. The van der Waals surface area contributed by atoms with Crippen LogP contribution in [0.15, 0.2) is 66.0 Å². The van der Waals surface area contributed by atoms with Crippen LogP contribution in [0.1, 0.15) is 76.6 Å². The van der Waals surface area contributed by atoms with E-state index in [1.807, 2.05) is 6.07 Å². The highest BCUT2D eigenvalue weighted by atomic mass is 16.2. The van der Waals surface area contributed by atoms with Gasteiger partial charge in [-0.2, -0.15) is 0 Å². The molecule has 3 N–H and O–H groups in total. The second kappa shape index (κ2) is 8.86. The maximum atomic E-state index is 13.9. The fourth-order valence-electron chi connectivity index (χ4n) is 5.33. The monoisotopic (exact) mass is 446 g/mol. The summed E-state index contributed by atoms with van der Waals surface area (Å²) in [6.07, 6.45) is 2.60. The van der Waals surface area contributed by atoms with Crippen LogP contribution < -0.4 is 16.1 Å². The van der Waals surface area contributed by atoms with Gasteiger partial charge in [-0.1, -0.05) is 74.0 Å². The minimum atomic E-state index is -0.394. The van der Waals surface area contributed by atoms with Crippen molar-refractivity contribution in [3.8, 4) is 0 Å². The van der Waals surface area contributed by atoms with E-state index in [-0.39, 0.29) is 23.5 Å². The van der Waals surface area contributed by atoms with Crippen LogP contribution in [0.3, 0.4) is 0 Å². The van der Waals surface area contributed by atoms with Crippen LogP contribution in [-0.4, -0.2) is 22.5 Å². The first kappa shape index (κ1) is 23.4. The number of carbonyl (C=O) groups is 1. The van der Waals surface area contributed by atoms with Gasteiger partial charge in [0.15, 0.2) is 0 Å². The fourth-order valence-corrected chi connectivity index (χ4v) is 5.33. The molecule has 5 heteroatoms. The standard InChI is InChI=1S/C28H38N4O/c1-7-28(8-2,22-16-14-19(3)15-17-22)30-26(33)24-20(4)31-32-25(24)29-23(18-27(32,5)6)21-12-10-9-11-13-21/h9-17,20,23,29,31H,7-8,18H2,1-6H3,(H,30,33)/t20?,23-/m1/s1. The molecule has 0 aromatic heterocycles. The number of hydrogen-bond acceptors (Lipinski definition) is 4. The smallest absolute Gasteiger partial charge is 0.253 e. The summed E-state index contributed by atoms with van der Waals surface area (Å²) in [5.41, 5.74) is 7.43. The molecule has 1 saturated heterocycles. The zero-order valence-electron chi connectivity index (χ0n) is 20.8. The average Bonchev–Trinajstić information content (AvgIpc) is 3.15.